The fourth-order valence-corrected chi connectivity index (χ4v) is 4.06. The summed E-state index contributed by atoms with van der Waals surface area (Å²) in [4.78, 5) is 14.6. The zero-order chi connectivity index (χ0) is 21.2. The van der Waals surface area contributed by atoms with Gasteiger partial charge in [-0.05, 0) is 41.8 Å². The van der Waals surface area contributed by atoms with Crippen LogP contribution in [0.25, 0.3) is 27.3 Å². The highest BCUT2D eigenvalue weighted by atomic mass is 32.1. The molecule has 1 aromatic carbocycles. The van der Waals surface area contributed by atoms with Gasteiger partial charge in [-0.25, -0.2) is 14.1 Å². The average molecular weight is 432 g/mol. The van der Waals surface area contributed by atoms with Crippen molar-refractivity contribution in [3.05, 3.63) is 77.7 Å². The first kappa shape index (κ1) is 19.1. The van der Waals surface area contributed by atoms with Gasteiger partial charge in [-0.1, -0.05) is 18.2 Å². The Kier molecular flexibility index (Phi) is 5.01. The lowest BCUT2D eigenvalue weighted by Gasteiger charge is -2.07. The van der Waals surface area contributed by atoms with E-state index in [0.29, 0.717) is 40.7 Å². The van der Waals surface area contributed by atoms with Gasteiger partial charge in [0.1, 0.15) is 11.6 Å². The van der Waals surface area contributed by atoms with Crippen molar-refractivity contribution >= 4 is 34.1 Å². The molecule has 5 rings (SSSR count). The number of aromatic nitrogens is 5. The number of nitrogens with zero attached hydrogens (tertiary/aromatic N) is 5. The predicted octanol–water partition coefficient (Wildman–Crippen LogP) is 4.31. The van der Waals surface area contributed by atoms with E-state index >= 15 is 0 Å². The molecule has 0 bridgehead atoms. The van der Waals surface area contributed by atoms with Crippen molar-refractivity contribution in [1.82, 2.24) is 24.7 Å². The van der Waals surface area contributed by atoms with Gasteiger partial charge in [0.25, 0.3) is 0 Å². The van der Waals surface area contributed by atoms with Crippen LogP contribution in [-0.4, -0.2) is 31.3 Å². The Balaban J connectivity index is 1.55. The van der Waals surface area contributed by atoms with E-state index < -0.39 is 0 Å². The Bertz CT molecular complexity index is 1330. The molecule has 0 saturated heterocycles. The Labute approximate surface area is 181 Å². The summed E-state index contributed by atoms with van der Waals surface area (Å²) in [6.45, 7) is 0.618. The molecule has 0 fully saturated rings. The van der Waals surface area contributed by atoms with Crippen LogP contribution in [0.3, 0.4) is 0 Å². The molecule has 7 nitrogen and oxygen atoms in total. The summed E-state index contributed by atoms with van der Waals surface area (Å²) in [6, 6.07) is 15.9. The second-order valence-electron chi connectivity index (χ2n) is 6.85. The Morgan fingerprint density at radius 3 is 2.77 bits per heavy atom. The van der Waals surface area contributed by atoms with Crippen molar-refractivity contribution in [2.75, 3.05) is 17.6 Å². The van der Waals surface area contributed by atoms with Crippen molar-refractivity contribution in [2.45, 2.75) is 6.42 Å². The maximum Gasteiger partial charge on any atom is 0.225 e. The zero-order valence-electron chi connectivity index (χ0n) is 16.4. The smallest absolute Gasteiger partial charge is 0.225 e. The van der Waals surface area contributed by atoms with E-state index in [1.54, 1.807) is 29.7 Å². The van der Waals surface area contributed by atoms with E-state index in [0.717, 1.165) is 17.0 Å². The van der Waals surface area contributed by atoms with Crippen LogP contribution in [0.4, 0.5) is 16.2 Å². The van der Waals surface area contributed by atoms with Gasteiger partial charge < -0.3 is 11.1 Å². The first-order chi connectivity index (χ1) is 15.2. The third-order valence-corrected chi connectivity index (χ3v) is 5.64. The average Bonchev–Trinajstić information content (AvgIpc) is 3.43. The van der Waals surface area contributed by atoms with Crippen LogP contribution in [0.2, 0.25) is 0 Å². The van der Waals surface area contributed by atoms with Gasteiger partial charge in [0.15, 0.2) is 5.65 Å². The number of halogens is 1. The summed E-state index contributed by atoms with van der Waals surface area (Å²) in [7, 11) is 0. The van der Waals surface area contributed by atoms with Gasteiger partial charge >= 0.3 is 0 Å². The summed E-state index contributed by atoms with van der Waals surface area (Å²) >= 11 is 1.56. The lowest BCUT2D eigenvalue weighted by atomic mass is 10.2. The molecule has 0 aliphatic carbocycles. The quantitative estimate of drug-likeness (QED) is 0.416. The molecule has 3 N–H and O–H groups in total. The van der Waals surface area contributed by atoms with Gasteiger partial charge in [-0.15, -0.1) is 16.4 Å². The van der Waals surface area contributed by atoms with Crippen molar-refractivity contribution in [1.29, 1.82) is 0 Å². The van der Waals surface area contributed by atoms with Crippen LogP contribution < -0.4 is 11.1 Å². The predicted molar refractivity (Wildman–Crippen MR) is 121 cm³/mol. The minimum atomic E-state index is -0.363. The molecular formula is C22H18FN7S. The van der Waals surface area contributed by atoms with E-state index in [9.17, 15) is 4.39 Å². The van der Waals surface area contributed by atoms with Crippen LogP contribution >= 0.6 is 11.3 Å². The maximum atomic E-state index is 13.8. The first-order valence-corrected chi connectivity index (χ1v) is 10.6. The summed E-state index contributed by atoms with van der Waals surface area (Å²) in [5.41, 5.74) is 9.07. The van der Waals surface area contributed by atoms with Crippen molar-refractivity contribution < 1.29 is 4.39 Å². The van der Waals surface area contributed by atoms with E-state index in [1.807, 2.05) is 35.7 Å². The number of anilines is 2. The Morgan fingerprint density at radius 1 is 1.06 bits per heavy atom. The number of fused-ring (bicyclic) bond motifs is 1. The Hall–Kier alpha value is -3.85. The van der Waals surface area contributed by atoms with E-state index in [1.165, 1.54) is 16.8 Å². The van der Waals surface area contributed by atoms with Crippen LogP contribution in [0, 0.1) is 5.82 Å². The maximum absolute atomic E-state index is 13.8. The number of nitrogen functional groups attached to an aromatic ring is 1. The highest BCUT2D eigenvalue weighted by Gasteiger charge is 2.19. The SMILES string of the molecule is Nc1c2c(-c3cccs3)nc(NCCc3ccccn3)nc2nn1-c1cccc(F)c1. The van der Waals surface area contributed by atoms with Gasteiger partial charge in [-0.2, -0.15) is 4.98 Å². The second kappa shape index (κ2) is 8.11. The molecule has 9 heteroatoms. The topological polar surface area (TPSA) is 94.5 Å². The molecule has 4 aromatic heterocycles. The molecule has 0 amide bonds. The second-order valence-corrected chi connectivity index (χ2v) is 7.79. The molecule has 0 unspecified atom stereocenters. The van der Waals surface area contributed by atoms with E-state index in [4.69, 9.17) is 10.7 Å². The molecule has 4 heterocycles. The van der Waals surface area contributed by atoms with Crippen molar-refractivity contribution in [3.63, 3.8) is 0 Å². The third-order valence-electron chi connectivity index (χ3n) is 4.77. The Morgan fingerprint density at radius 2 is 2.00 bits per heavy atom. The molecule has 0 aliphatic rings. The number of thiophene rings is 1. The third kappa shape index (κ3) is 3.82. The fraction of sp³-hybridized carbons (Fsp3) is 0.0909. The number of rotatable bonds is 6. The van der Waals surface area contributed by atoms with Crippen molar-refractivity contribution in [3.8, 4) is 16.3 Å². The number of pyridine rings is 1. The molecule has 0 spiro atoms. The monoisotopic (exact) mass is 431 g/mol. The molecule has 0 saturated carbocycles. The molecule has 154 valence electrons. The standard InChI is InChI=1S/C22H18FN7S/c23-14-5-3-7-16(13-14)30-20(24)18-19(17-8-4-12-31-17)27-22(28-21(18)29-30)26-11-9-15-6-1-2-10-25-15/h1-8,10,12-13H,9,11,24H2,(H,26,28,29). The number of nitrogens with one attached hydrogen (secondary N) is 1. The van der Waals surface area contributed by atoms with Gasteiger partial charge in [0, 0.05) is 24.9 Å². The lowest BCUT2D eigenvalue weighted by molar-refractivity contribution is 0.625. The normalized spacial score (nSPS) is 11.1. The van der Waals surface area contributed by atoms with E-state index in [-0.39, 0.29) is 5.82 Å². The summed E-state index contributed by atoms with van der Waals surface area (Å²) in [5, 5.41) is 10.4. The molecule has 0 radical (unpaired) electrons. The number of benzene rings is 1. The summed E-state index contributed by atoms with van der Waals surface area (Å²) < 4.78 is 15.3. The summed E-state index contributed by atoms with van der Waals surface area (Å²) in [6.07, 6.45) is 2.51. The van der Waals surface area contributed by atoms with Crippen LogP contribution in [0.1, 0.15) is 5.69 Å². The first-order valence-electron chi connectivity index (χ1n) is 9.69. The van der Waals surface area contributed by atoms with Crippen LogP contribution in [0.5, 0.6) is 0 Å². The van der Waals surface area contributed by atoms with Gasteiger partial charge in [0.05, 0.1) is 21.6 Å². The molecular weight excluding hydrogens is 413 g/mol. The van der Waals surface area contributed by atoms with Gasteiger partial charge in [-0.3, -0.25) is 4.98 Å². The molecule has 0 atom stereocenters. The molecule has 31 heavy (non-hydrogen) atoms. The molecule has 5 aromatic rings. The zero-order valence-corrected chi connectivity index (χ0v) is 17.2. The largest absolute Gasteiger partial charge is 0.383 e. The minimum absolute atomic E-state index is 0.363. The van der Waals surface area contributed by atoms with Crippen molar-refractivity contribution in [2.24, 2.45) is 0 Å². The molecule has 0 aliphatic heterocycles. The van der Waals surface area contributed by atoms with Crippen LogP contribution in [0.15, 0.2) is 66.2 Å². The highest BCUT2D eigenvalue weighted by molar-refractivity contribution is 7.13. The summed E-state index contributed by atoms with van der Waals surface area (Å²) in [5.74, 6) is 0.456. The van der Waals surface area contributed by atoms with Gasteiger partial charge in [0.2, 0.25) is 5.95 Å². The number of nitrogens with two attached hydrogens (primary N) is 1. The van der Waals surface area contributed by atoms with E-state index in [2.05, 4.69) is 20.4 Å². The number of hydrogen-bond donors (Lipinski definition) is 2. The van der Waals surface area contributed by atoms with Crippen LogP contribution in [-0.2, 0) is 6.42 Å². The lowest BCUT2D eigenvalue weighted by Crippen LogP contribution is -2.09. The number of hydrogen-bond acceptors (Lipinski definition) is 7. The fourth-order valence-electron chi connectivity index (χ4n) is 3.34. The highest BCUT2D eigenvalue weighted by Crippen LogP contribution is 2.34. The minimum Gasteiger partial charge on any atom is -0.383 e.